The zero-order chi connectivity index (χ0) is 22.9. The van der Waals surface area contributed by atoms with Crippen molar-refractivity contribution in [3.8, 4) is 0 Å². The van der Waals surface area contributed by atoms with E-state index in [1.807, 2.05) is 68.4 Å². The molecule has 1 heterocycles. The Balaban J connectivity index is 1.66. The lowest BCUT2D eigenvalue weighted by Gasteiger charge is -2.39. The molecule has 32 heavy (non-hydrogen) atoms. The Kier molecular flexibility index (Phi) is 6.05. The molecule has 4 nitrogen and oxygen atoms in total. The van der Waals surface area contributed by atoms with E-state index >= 15 is 0 Å². The largest absolute Gasteiger partial charge is 0.462 e. The number of carbonyl (C=O) groups excluding carboxylic acids is 2. The van der Waals surface area contributed by atoms with Crippen LogP contribution in [-0.2, 0) is 20.7 Å². The Morgan fingerprint density at radius 3 is 2.41 bits per heavy atom. The molecule has 0 aromatic heterocycles. The summed E-state index contributed by atoms with van der Waals surface area (Å²) >= 11 is 0. The first kappa shape index (κ1) is 22.1. The van der Waals surface area contributed by atoms with Crippen molar-refractivity contribution in [1.29, 1.82) is 0 Å². The summed E-state index contributed by atoms with van der Waals surface area (Å²) in [5.41, 5.74) is 6.07. The lowest BCUT2D eigenvalue weighted by atomic mass is 9.68. The van der Waals surface area contributed by atoms with Crippen molar-refractivity contribution in [1.82, 2.24) is 5.32 Å². The van der Waals surface area contributed by atoms with Crippen molar-refractivity contribution < 1.29 is 14.3 Å². The average molecular weight is 430 g/mol. The molecule has 0 saturated heterocycles. The molecular formula is C28H31NO3. The molecule has 0 unspecified atom stereocenters. The van der Waals surface area contributed by atoms with Crippen LogP contribution in [-0.4, -0.2) is 18.4 Å². The second kappa shape index (κ2) is 8.78. The molecule has 0 amide bonds. The van der Waals surface area contributed by atoms with Crippen LogP contribution in [0.3, 0.4) is 0 Å². The quantitative estimate of drug-likeness (QED) is 0.648. The van der Waals surface area contributed by atoms with E-state index in [1.54, 1.807) is 0 Å². The molecule has 2 aromatic carbocycles. The van der Waals surface area contributed by atoms with Gasteiger partial charge in [-0.3, -0.25) is 4.79 Å². The molecule has 0 bridgehead atoms. The summed E-state index contributed by atoms with van der Waals surface area (Å²) in [7, 11) is 0. The second-order valence-corrected chi connectivity index (χ2v) is 9.71. The number of hydrogen-bond donors (Lipinski definition) is 1. The predicted octanol–water partition coefficient (Wildman–Crippen LogP) is 5.38. The number of ether oxygens (including phenoxy) is 1. The van der Waals surface area contributed by atoms with Crippen molar-refractivity contribution in [3.63, 3.8) is 0 Å². The first-order valence-electron chi connectivity index (χ1n) is 11.3. The van der Waals surface area contributed by atoms with Gasteiger partial charge in [-0.05, 0) is 36.8 Å². The van der Waals surface area contributed by atoms with Gasteiger partial charge in [0.25, 0.3) is 0 Å². The number of hydrogen-bond acceptors (Lipinski definition) is 4. The number of Topliss-reactive ketones (excluding diaryl/α,β-unsaturated/α-hetero) is 1. The maximum Gasteiger partial charge on any atom is 0.336 e. The second-order valence-electron chi connectivity index (χ2n) is 9.71. The zero-order valence-electron chi connectivity index (χ0n) is 19.3. The molecule has 2 aromatic rings. The number of allylic oxidation sites excluding steroid dienone is 3. The van der Waals surface area contributed by atoms with Crippen LogP contribution in [0.4, 0.5) is 0 Å². The van der Waals surface area contributed by atoms with Crippen LogP contribution in [0.1, 0.15) is 56.2 Å². The van der Waals surface area contributed by atoms with E-state index in [1.165, 1.54) is 0 Å². The Morgan fingerprint density at radius 1 is 1.03 bits per heavy atom. The minimum Gasteiger partial charge on any atom is -0.462 e. The van der Waals surface area contributed by atoms with Crippen LogP contribution in [0.25, 0.3) is 0 Å². The van der Waals surface area contributed by atoms with Gasteiger partial charge in [0.2, 0.25) is 0 Å². The van der Waals surface area contributed by atoms with Gasteiger partial charge in [-0.1, -0.05) is 74.0 Å². The number of dihydropyridines is 1. The maximum atomic E-state index is 13.3. The predicted molar refractivity (Wildman–Crippen MR) is 126 cm³/mol. The van der Waals surface area contributed by atoms with Gasteiger partial charge in [0.15, 0.2) is 5.78 Å². The number of nitrogens with one attached hydrogen (secondary N) is 1. The van der Waals surface area contributed by atoms with E-state index in [4.69, 9.17) is 4.74 Å². The molecule has 2 aliphatic rings. The van der Waals surface area contributed by atoms with Crippen LogP contribution < -0.4 is 5.32 Å². The van der Waals surface area contributed by atoms with Crippen molar-refractivity contribution in [2.75, 3.05) is 6.61 Å². The fourth-order valence-corrected chi connectivity index (χ4v) is 4.78. The SMILES string of the molecule is CC1=C(C(=O)OCCc2ccccc2)[C@H](c2ccc(C)cc2)C2=C(CC(C)(C)CC2=O)N1. The van der Waals surface area contributed by atoms with Crippen LogP contribution in [0.15, 0.2) is 77.1 Å². The molecular weight excluding hydrogens is 398 g/mol. The van der Waals surface area contributed by atoms with Gasteiger partial charge in [-0.15, -0.1) is 0 Å². The van der Waals surface area contributed by atoms with E-state index < -0.39 is 5.92 Å². The van der Waals surface area contributed by atoms with Gasteiger partial charge >= 0.3 is 5.97 Å². The first-order chi connectivity index (χ1) is 15.2. The third-order valence-electron chi connectivity index (χ3n) is 6.34. The summed E-state index contributed by atoms with van der Waals surface area (Å²) in [5.74, 6) is -0.656. The highest BCUT2D eigenvalue weighted by molar-refractivity contribution is 6.04. The Labute approximate surface area is 190 Å². The zero-order valence-corrected chi connectivity index (χ0v) is 19.3. The van der Waals surface area contributed by atoms with Crippen molar-refractivity contribution in [2.45, 2.75) is 52.9 Å². The third-order valence-corrected chi connectivity index (χ3v) is 6.34. The highest BCUT2D eigenvalue weighted by atomic mass is 16.5. The molecule has 1 N–H and O–H groups in total. The van der Waals surface area contributed by atoms with Gasteiger partial charge in [0.1, 0.15) is 0 Å². The molecule has 0 spiro atoms. The van der Waals surface area contributed by atoms with E-state index in [0.717, 1.165) is 34.5 Å². The molecule has 4 rings (SSSR count). The summed E-state index contributed by atoms with van der Waals surface area (Å²) in [6.07, 6.45) is 1.91. The Bertz CT molecular complexity index is 1090. The summed E-state index contributed by atoms with van der Waals surface area (Å²) in [6.45, 7) is 8.47. The molecule has 166 valence electrons. The molecule has 1 atom stereocenters. The van der Waals surface area contributed by atoms with E-state index in [0.29, 0.717) is 30.6 Å². The van der Waals surface area contributed by atoms with Crippen molar-refractivity contribution >= 4 is 11.8 Å². The molecule has 1 aliphatic carbocycles. The molecule has 1 aliphatic heterocycles. The smallest absolute Gasteiger partial charge is 0.336 e. The summed E-state index contributed by atoms with van der Waals surface area (Å²) in [6, 6.07) is 18.1. The van der Waals surface area contributed by atoms with E-state index in [-0.39, 0.29) is 17.2 Å². The lowest BCUT2D eigenvalue weighted by Crippen LogP contribution is -2.38. The molecule has 4 heteroatoms. The number of aryl methyl sites for hydroxylation is 1. The maximum absolute atomic E-state index is 13.3. The number of benzene rings is 2. The van der Waals surface area contributed by atoms with E-state index in [2.05, 4.69) is 19.2 Å². The van der Waals surface area contributed by atoms with Crippen LogP contribution in [0, 0.1) is 12.3 Å². The van der Waals surface area contributed by atoms with Gasteiger partial charge in [0, 0.05) is 35.7 Å². The van der Waals surface area contributed by atoms with Crippen LogP contribution in [0.2, 0.25) is 0 Å². The number of carbonyl (C=O) groups is 2. The average Bonchev–Trinajstić information content (AvgIpc) is 2.73. The normalized spacial score (nSPS) is 20.0. The summed E-state index contributed by atoms with van der Waals surface area (Å²) in [4.78, 5) is 26.6. The first-order valence-corrected chi connectivity index (χ1v) is 11.3. The summed E-state index contributed by atoms with van der Waals surface area (Å²) in [5, 5.41) is 3.39. The number of esters is 1. The van der Waals surface area contributed by atoms with Gasteiger partial charge in [0.05, 0.1) is 12.2 Å². The van der Waals surface area contributed by atoms with Gasteiger partial charge in [-0.25, -0.2) is 4.79 Å². The monoisotopic (exact) mass is 429 g/mol. The standard InChI is InChI=1S/C28H31NO3/c1-18-10-12-21(13-11-18)25-24(27(31)32-15-14-20-8-6-5-7-9-20)19(2)29-22-16-28(3,4)17-23(30)26(22)25/h5-13,25,29H,14-17H2,1-4H3/t25-/m0/s1. The Hall–Kier alpha value is -3.14. The molecule has 0 fully saturated rings. The van der Waals surface area contributed by atoms with Crippen LogP contribution in [0.5, 0.6) is 0 Å². The van der Waals surface area contributed by atoms with Gasteiger partial charge < -0.3 is 10.1 Å². The van der Waals surface area contributed by atoms with Crippen LogP contribution >= 0.6 is 0 Å². The molecule has 0 saturated carbocycles. The number of rotatable bonds is 5. The minimum atomic E-state index is -0.403. The highest BCUT2D eigenvalue weighted by Crippen LogP contribution is 2.46. The third kappa shape index (κ3) is 4.55. The Morgan fingerprint density at radius 2 is 1.72 bits per heavy atom. The fourth-order valence-electron chi connectivity index (χ4n) is 4.78. The highest BCUT2D eigenvalue weighted by Gasteiger charge is 2.43. The van der Waals surface area contributed by atoms with Gasteiger partial charge in [-0.2, -0.15) is 0 Å². The fraction of sp³-hybridized carbons (Fsp3) is 0.357. The van der Waals surface area contributed by atoms with E-state index in [9.17, 15) is 9.59 Å². The minimum absolute atomic E-state index is 0.102. The number of ketones is 1. The lowest BCUT2D eigenvalue weighted by molar-refractivity contribution is -0.139. The summed E-state index contributed by atoms with van der Waals surface area (Å²) < 4.78 is 5.72. The van der Waals surface area contributed by atoms with Crippen molar-refractivity contribution in [3.05, 3.63) is 93.8 Å². The molecule has 0 radical (unpaired) electrons. The topological polar surface area (TPSA) is 55.4 Å². The van der Waals surface area contributed by atoms with Crippen molar-refractivity contribution in [2.24, 2.45) is 5.41 Å².